The highest BCUT2D eigenvalue weighted by molar-refractivity contribution is 9.10. The number of carbonyl (C=O) groups is 1. The maximum Gasteiger partial charge on any atom is 0.358 e. The van der Waals surface area contributed by atoms with Crippen molar-refractivity contribution in [1.82, 2.24) is 14.6 Å². The van der Waals surface area contributed by atoms with E-state index in [9.17, 15) is 4.79 Å². The lowest BCUT2D eigenvalue weighted by molar-refractivity contribution is 0.0592. The van der Waals surface area contributed by atoms with Crippen molar-refractivity contribution < 1.29 is 9.53 Å². The lowest BCUT2D eigenvalue weighted by atomic mass is 10.4. The van der Waals surface area contributed by atoms with Gasteiger partial charge in [0.2, 0.25) is 0 Å². The van der Waals surface area contributed by atoms with Gasteiger partial charge < -0.3 is 4.74 Å². The average molecular weight is 256 g/mol. The standard InChI is InChI=1S/C8H6BrN3O2/c1-14-8(13)5-2-3-7-10-4-6(9)12(7)11-5/h2-4H,1H3. The Kier molecular flexibility index (Phi) is 2.20. The molecule has 6 heteroatoms. The van der Waals surface area contributed by atoms with E-state index >= 15 is 0 Å². The minimum atomic E-state index is -0.465. The van der Waals surface area contributed by atoms with E-state index in [-0.39, 0.29) is 5.69 Å². The van der Waals surface area contributed by atoms with Gasteiger partial charge in [-0.05, 0) is 28.1 Å². The van der Waals surface area contributed by atoms with Crippen LogP contribution < -0.4 is 0 Å². The number of ether oxygens (including phenoxy) is 1. The zero-order valence-corrected chi connectivity index (χ0v) is 8.85. The van der Waals surface area contributed by atoms with E-state index in [1.807, 2.05) is 0 Å². The van der Waals surface area contributed by atoms with Gasteiger partial charge in [-0.15, -0.1) is 0 Å². The largest absolute Gasteiger partial charge is 0.464 e. The SMILES string of the molecule is COC(=O)c1ccc2ncc(Br)n2n1. The molecule has 0 aliphatic heterocycles. The third kappa shape index (κ3) is 1.37. The monoisotopic (exact) mass is 255 g/mol. The zero-order chi connectivity index (χ0) is 10.1. The molecule has 2 aromatic heterocycles. The molecular formula is C8H6BrN3O2. The van der Waals surface area contributed by atoms with Crippen LogP contribution in [0.1, 0.15) is 10.5 Å². The number of hydrogen-bond donors (Lipinski definition) is 0. The van der Waals surface area contributed by atoms with Crippen molar-refractivity contribution in [2.75, 3.05) is 7.11 Å². The van der Waals surface area contributed by atoms with Crippen LogP contribution in [0, 0.1) is 0 Å². The summed E-state index contributed by atoms with van der Waals surface area (Å²) in [7, 11) is 1.32. The quantitative estimate of drug-likeness (QED) is 0.721. The molecule has 2 heterocycles. The van der Waals surface area contributed by atoms with Gasteiger partial charge in [-0.2, -0.15) is 5.10 Å². The molecule has 0 aromatic carbocycles. The van der Waals surface area contributed by atoms with Crippen LogP contribution in [0.5, 0.6) is 0 Å². The number of fused-ring (bicyclic) bond motifs is 1. The second-order valence-electron chi connectivity index (χ2n) is 2.56. The van der Waals surface area contributed by atoms with E-state index in [0.717, 1.165) is 0 Å². The number of hydrogen-bond acceptors (Lipinski definition) is 4. The smallest absolute Gasteiger partial charge is 0.358 e. The van der Waals surface area contributed by atoms with Crippen LogP contribution >= 0.6 is 15.9 Å². The molecule has 0 spiro atoms. The highest BCUT2D eigenvalue weighted by Gasteiger charge is 2.09. The van der Waals surface area contributed by atoms with Gasteiger partial charge in [-0.3, -0.25) is 0 Å². The van der Waals surface area contributed by atoms with Crippen LogP contribution in [0.3, 0.4) is 0 Å². The van der Waals surface area contributed by atoms with Crippen LogP contribution in [-0.2, 0) is 4.74 Å². The molecule has 2 aromatic rings. The summed E-state index contributed by atoms with van der Waals surface area (Å²) >= 11 is 3.26. The van der Waals surface area contributed by atoms with Crippen molar-refractivity contribution in [2.45, 2.75) is 0 Å². The Hall–Kier alpha value is -1.43. The summed E-state index contributed by atoms with van der Waals surface area (Å²) < 4.78 is 6.76. The molecule has 2 rings (SSSR count). The highest BCUT2D eigenvalue weighted by Crippen LogP contribution is 2.11. The molecule has 72 valence electrons. The number of carbonyl (C=O) groups excluding carboxylic acids is 1. The normalized spacial score (nSPS) is 10.4. The van der Waals surface area contributed by atoms with Gasteiger partial charge in [0.25, 0.3) is 0 Å². The Bertz CT molecular complexity index is 494. The van der Waals surface area contributed by atoms with Crippen molar-refractivity contribution in [3.8, 4) is 0 Å². The summed E-state index contributed by atoms with van der Waals surface area (Å²) in [6.07, 6.45) is 1.61. The van der Waals surface area contributed by atoms with Crippen LogP contribution in [0.25, 0.3) is 5.65 Å². The molecule has 0 aliphatic rings. The molecule has 0 bridgehead atoms. The molecule has 0 unspecified atom stereocenters. The van der Waals surface area contributed by atoms with E-state index in [0.29, 0.717) is 10.3 Å². The van der Waals surface area contributed by atoms with E-state index in [2.05, 4.69) is 30.7 Å². The summed E-state index contributed by atoms with van der Waals surface area (Å²) in [5.74, 6) is -0.465. The van der Waals surface area contributed by atoms with Gasteiger partial charge in [-0.25, -0.2) is 14.3 Å². The Morgan fingerprint density at radius 3 is 3.07 bits per heavy atom. The molecule has 0 fully saturated rings. The van der Waals surface area contributed by atoms with Crippen LogP contribution in [0.2, 0.25) is 0 Å². The number of nitrogens with zero attached hydrogens (tertiary/aromatic N) is 3. The average Bonchev–Trinajstić information content (AvgIpc) is 2.59. The van der Waals surface area contributed by atoms with Gasteiger partial charge in [-0.1, -0.05) is 0 Å². The Labute approximate surface area is 87.8 Å². The van der Waals surface area contributed by atoms with Gasteiger partial charge >= 0.3 is 5.97 Å². The first-order valence-corrected chi connectivity index (χ1v) is 4.60. The number of aromatic nitrogens is 3. The third-order valence-electron chi connectivity index (χ3n) is 1.72. The third-order valence-corrected chi connectivity index (χ3v) is 2.26. The Morgan fingerprint density at radius 1 is 1.57 bits per heavy atom. The molecule has 0 atom stereocenters. The topological polar surface area (TPSA) is 56.5 Å². The van der Waals surface area contributed by atoms with Crippen molar-refractivity contribution in [1.29, 1.82) is 0 Å². The second kappa shape index (κ2) is 3.38. The highest BCUT2D eigenvalue weighted by atomic mass is 79.9. The van der Waals surface area contributed by atoms with Gasteiger partial charge in [0.05, 0.1) is 13.3 Å². The minimum absolute atomic E-state index is 0.249. The molecule has 0 aliphatic carbocycles. The second-order valence-corrected chi connectivity index (χ2v) is 3.37. The first-order valence-electron chi connectivity index (χ1n) is 3.81. The van der Waals surface area contributed by atoms with Crippen LogP contribution in [0.15, 0.2) is 22.9 Å². The van der Waals surface area contributed by atoms with Crippen LogP contribution in [-0.4, -0.2) is 27.7 Å². The number of esters is 1. The maximum absolute atomic E-state index is 11.2. The fraction of sp³-hybridized carbons (Fsp3) is 0.125. The molecule has 5 nitrogen and oxygen atoms in total. The van der Waals surface area contributed by atoms with Gasteiger partial charge in [0.15, 0.2) is 11.3 Å². The fourth-order valence-electron chi connectivity index (χ4n) is 1.06. The molecule has 0 amide bonds. The minimum Gasteiger partial charge on any atom is -0.464 e. The van der Waals surface area contributed by atoms with E-state index in [1.54, 1.807) is 18.3 Å². The summed E-state index contributed by atoms with van der Waals surface area (Å²) in [6, 6.07) is 3.27. The lowest BCUT2D eigenvalue weighted by Crippen LogP contribution is -2.07. The molecule has 0 radical (unpaired) electrons. The summed E-state index contributed by atoms with van der Waals surface area (Å²) in [5.41, 5.74) is 0.920. The predicted molar refractivity (Wildman–Crippen MR) is 52.0 cm³/mol. The first kappa shape index (κ1) is 9.14. The summed E-state index contributed by atoms with van der Waals surface area (Å²) in [6.45, 7) is 0. The zero-order valence-electron chi connectivity index (χ0n) is 7.27. The van der Waals surface area contributed by atoms with Gasteiger partial charge in [0.1, 0.15) is 4.60 Å². The number of imidazole rings is 1. The predicted octanol–water partition coefficient (Wildman–Crippen LogP) is 1.28. The summed E-state index contributed by atoms with van der Waals surface area (Å²) in [4.78, 5) is 15.2. The van der Waals surface area contributed by atoms with Gasteiger partial charge in [0, 0.05) is 0 Å². The van der Waals surface area contributed by atoms with Crippen molar-refractivity contribution in [3.05, 3.63) is 28.6 Å². The number of halogens is 1. The number of methoxy groups -OCH3 is 1. The number of rotatable bonds is 1. The van der Waals surface area contributed by atoms with Crippen molar-refractivity contribution in [2.24, 2.45) is 0 Å². The lowest BCUT2D eigenvalue weighted by Gasteiger charge is -1.99. The molecule has 0 saturated heterocycles. The molecule has 0 saturated carbocycles. The van der Waals surface area contributed by atoms with E-state index < -0.39 is 5.97 Å². The first-order chi connectivity index (χ1) is 6.72. The Balaban J connectivity index is 2.60. The fourth-order valence-corrected chi connectivity index (χ4v) is 1.42. The molecule has 0 N–H and O–H groups in total. The maximum atomic E-state index is 11.2. The van der Waals surface area contributed by atoms with Crippen molar-refractivity contribution in [3.63, 3.8) is 0 Å². The van der Waals surface area contributed by atoms with E-state index in [4.69, 9.17) is 0 Å². The van der Waals surface area contributed by atoms with Crippen molar-refractivity contribution >= 4 is 27.5 Å². The molecular weight excluding hydrogens is 250 g/mol. The molecule has 14 heavy (non-hydrogen) atoms. The van der Waals surface area contributed by atoms with E-state index in [1.165, 1.54) is 11.6 Å². The van der Waals surface area contributed by atoms with Crippen LogP contribution in [0.4, 0.5) is 0 Å². The Morgan fingerprint density at radius 2 is 2.36 bits per heavy atom. The summed E-state index contributed by atoms with van der Waals surface area (Å²) in [5, 5.41) is 4.04.